The number of rotatable bonds is 3. The third kappa shape index (κ3) is 2.82. The molecule has 0 radical (unpaired) electrons. The minimum Gasteiger partial charge on any atom is -0.303 e. The van der Waals surface area contributed by atoms with Gasteiger partial charge in [0.2, 0.25) is 0 Å². The predicted octanol–water partition coefficient (Wildman–Crippen LogP) is 5.53. The highest BCUT2D eigenvalue weighted by molar-refractivity contribution is 5.88. The Morgan fingerprint density at radius 1 is 0.808 bits per heavy atom. The molecule has 0 aliphatic rings. The van der Waals surface area contributed by atoms with Crippen molar-refractivity contribution in [2.75, 3.05) is 0 Å². The highest BCUT2D eigenvalue weighted by Gasteiger charge is 2.17. The fraction of sp³-hybridized carbons (Fsp3) is 0.130. The molecule has 0 unspecified atom stereocenters. The van der Waals surface area contributed by atoms with E-state index in [1.54, 1.807) is 0 Å². The Balaban J connectivity index is 2.07. The first-order valence-electron chi connectivity index (χ1n) is 8.77. The number of benzene rings is 2. The van der Waals surface area contributed by atoms with Crippen LogP contribution in [0.3, 0.4) is 0 Å². The summed E-state index contributed by atoms with van der Waals surface area (Å²) >= 11 is 0. The molecule has 0 aliphatic heterocycles. The van der Waals surface area contributed by atoms with Crippen molar-refractivity contribution >= 4 is 0 Å². The van der Waals surface area contributed by atoms with Crippen molar-refractivity contribution in [1.82, 2.24) is 14.5 Å². The maximum atomic E-state index is 4.76. The minimum absolute atomic E-state index is 0.959. The van der Waals surface area contributed by atoms with Crippen LogP contribution in [-0.2, 0) is 0 Å². The van der Waals surface area contributed by atoms with Crippen LogP contribution >= 0.6 is 0 Å². The molecule has 0 fully saturated rings. The summed E-state index contributed by atoms with van der Waals surface area (Å²) in [5, 5.41) is 0. The highest BCUT2D eigenvalue weighted by atomic mass is 15.1. The SMILES string of the molecule is Cc1ccc(-c2c(-n3ccnc3C)ccnc2-c2ccccc2)c(C)c1. The van der Waals surface area contributed by atoms with Crippen LogP contribution in [0.15, 0.2) is 73.2 Å². The second kappa shape index (κ2) is 6.60. The van der Waals surface area contributed by atoms with E-state index in [1.807, 2.05) is 31.6 Å². The van der Waals surface area contributed by atoms with Crippen LogP contribution in [0.4, 0.5) is 0 Å². The number of nitrogens with zero attached hydrogens (tertiary/aromatic N) is 3. The van der Waals surface area contributed by atoms with E-state index in [-0.39, 0.29) is 0 Å². The summed E-state index contributed by atoms with van der Waals surface area (Å²) in [6, 6.07) is 19.0. The Morgan fingerprint density at radius 3 is 2.31 bits per heavy atom. The average molecular weight is 339 g/mol. The van der Waals surface area contributed by atoms with Crippen LogP contribution in [0.5, 0.6) is 0 Å². The largest absolute Gasteiger partial charge is 0.303 e. The molecule has 2 aromatic heterocycles. The molecule has 3 heteroatoms. The minimum atomic E-state index is 0.959. The third-order valence-corrected chi connectivity index (χ3v) is 4.71. The Labute approximate surface area is 154 Å². The summed E-state index contributed by atoms with van der Waals surface area (Å²) < 4.78 is 2.13. The summed E-state index contributed by atoms with van der Waals surface area (Å²) in [6.07, 6.45) is 5.72. The van der Waals surface area contributed by atoms with Crippen LogP contribution in [0.2, 0.25) is 0 Å². The zero-order valence-electron chi connectivity index (χ0n) is 15.3. The summed E-state index contributed by atoms with van der Waals surface area (Å²) in [5.74, 6) is 0.959. The molecule has 2 aromatic carbocycles. The highest BCUT2D eigenvalue weighted by Crippen LogP contribution is 2.37. The molecule has 0 saturated carbocycles. The van der Waals surface area contributed by atoms with E-state index in [0.717, 1.165) is 28.3 Å². The van der Waals surface area contributed by atoms with Gasteiger partial charge in [0.05, 0.1) is 11.4 Å². The van der Waals surface area contributed by atoms with Gasteiger partial charge in [0.1, 0.15) is 5.82 Å². The molecule has 0 saturated heterocycles. The molecule has 2 heterocycles. The number of pyridine rings is 1. The van der Waals surface area contributed by atoms with Crippen LogP contribution < -0.4 is 0 Å². The molecule has 0 N–H and O–H groups in total. The third-order valence-electron chi connectivity index (χ3n) is 4.71. The molecule has 26 heavy (non-hydrogen) atoms. The van der Waals surface area contributed by atoms with Gasteiger partial charge in [0.25, 0.3) is 0 Å². The molecule has 4 rings (SSSR count). The van der Waals surface area contributed by atoms with Crippen molar-refractivity contribution in [2.24, 2.45) is 0 Å². The molecule has 3 nitrogen and oxygen atoms in total. The van der Waals surface area contributed by atoms with E-state index in [1.165, 1.54) is 16.7 Å². The predicted molar refractivity (Wildman–Crippen MR) is 106 cm³/mol. The lowest BCUT2D eigenvalue weighted by Crippen LogP contribution is -2.02. The van der Waals surface area contributed by atoms with Crippen molar-refractivity contribution in [3.8, 4) is 28.1 Å². The zero-order chi connectivity index (χ0) is 18.1. The van der Waals surface area contributed by atoms with E-state index in [0.29, 0.717) is 0 Å². The van der Waals surface area contributed by atoms with E-state index >= 15 is 0 Å². The van der Waals surface area contributed by atoms with Gasteiger partial charge < -0.3 is 4.57 Å². The van der Waals surface area contributed by atoms with Crippen LogP contribution in [0, 0.1) is 20.8 Å². The van der Waals surface area contributed by atoms with Crippen LogP contribution in [-0.4, -0.2) is 14.5 Å². The Bertz CT molecular complexity index is 1060. The standard InChI is InChI=1S/C23H21N3/c1-16-9-10-20(17(2)15-16)22-21(26-14-13-24-18(26)3)11-12-25-23(22)19-7-5-4-6-8-19/h4-15H,1-3H3. The molecule has 0 spiro atoms. The first kappa shape index (κ1) is 16.3. The van der Waals surface area contributed by atoms with Gasteiger partial charge in [-0.25, -0.2) is 4.98 Å². The molecule has 0 atom stereocenters. The van der Waals surface area contributed by atoms with Crippen LogP contribution in [0.25, 0.3) is 28.1 Å². The number of aryl methyl sites for hydroxylation is 3. The quantitative estimate of drug-likeness (QED) is 0.491. The molecular weight excluding hydrogens is 318 g/mol. The second-order valence-electron chi connectivity index (χ2n) is 6.58. The fourth-order valence-corrected chi connectivity index (χ4v) is 3.46. The van der Waals surface area contributed by atoms with Gasteiger partial charge in [-0.1, -0.05) is 54.1 Å². The van der Waals surface area contributed by atoms with Crippen molar-refractivity contribution in [1.29, 1.82) is 0 Å². The number of hydrogen-bond donors (Lipinski definition) is 0. The molecule has 128 valence electrons. The van der Waals surface area contributed by atoms with Crippen molar-refractivity contribution in [2.45, 2.75) is 20.8 Å². The lowest BCUT2D eigenvalue weighted by Gasteiger charge is -2.18. The van der Waals surface area contributed by atoms with Gasteiger partial charge >= 0.3 is 0 Å². The maximum Gasteiger partial charge on any atom is 0.110 e. The summed E-state index contributed by atoms with van der Waals surface area (Å²) in [4.78, 5) is 9.16. The summed E-state index contributed by atoms with van der Waals surface area (Å²) in [6.45, 7) is 6.31. The van der Waals surface area contributed by atoms with Gasteiger partial charge in [-0.3, -0.25) is 4.98 Å². The topological polar surface area (TPSA) is 30.7 Å². The first-order chi connectivity index (χ1) is 12.6. The molecule has 4 aromatic rings. The van der Waals surface area contributed by atoms with Gasteiger partial charge in [-0.05, 0) is 38.0 Å². The molecule has 0 bridgehead atoms. The smallest absolute Gasteiger partial charge is 0.110 e. The number of aromatic nitrogens is 3. The average Bonchev–Trinajstić information content (AvgIpc) is 3.08. The molecule has 0 aliphatic carbocycles. The number of imidazole rings is 1. The van der Waals surface area contributed by atoms with E-state index in [4.69, 9.17) is 4.98 Å². The van der Waals surface area contributed by atoms with Gasteiger partial charge in [-0.2, -0.15) is 0 Å². The Kier molecular flexibility index (Phi) is 4.13. The normalized spacial score (nSPS) is 10.9. The molecular formula is C23H21N3. The Hall–Kier alpha value is -3.20. The van der Waals surface area contributed by atoms with Crippen molar-refractivity contribution < 1.29 is 0 Å². The summed E-state index contributed by atoms with van der Waals surface area (Å²) in [7, 11) is 0. The second-order valence-corrected chi connectivity index (χ2v) is 6.58. The monoisotopic (exact) mass is 339 g/mol. The van der Waals surface area contributed by atoms with Gasteiger partial charge in [-0.15, -0.1) is 0 Å². The lowest BCUT2D eigenvalue weighted by molar-refractivity contribution is 0.972. The summed E-state index contributed by atoms with van der Waals surface area (Å²) in [5.41, 5.74) is 8.04. The van der Waals surface area contributed by atoms with E-state index in [2.05, 4.69) is 71.9 Å². The van der Waals surface area contributed by atoms with Gasteiger partial charge in [0, 0.05) is 29.7 Å². The van der Waals surface area contributed by atoms with Gasteiger partial charge in [0.15, 0.2) is 0 Å². The van der Waals surface area contributed by atoms with E-state index < -0.39 is 0 Å². The molecule has 0 amide bonds. The Morgan fingerprint density at radius 2 is 1.62 bits per heavy atom. The lowest BCUT2D eigenvalue weighted by atomic mass is 9.93. The maximum absolute atomic E-state index is 4.76. The van der Waals surface area contributed by atoms with Crippen molar-refractivity contribution in [3.63, 3.8) is 0 Å². The van der Waals surface area contributed by atoms with E-state index in [9.17, 15) is 0 Å². The first-order valence-corrected chi connectivity index (χ1v) is 8.77. The fourth-order valence-electron chi connectivity index (χ4n) is 3.46. The number of hydrogen-bond acceptors (Lipinski definition) is 2. The van der Waals surface area contributed by atoms with Crippen LogP contribution in [0.1, 0.15) is 17.0 Å². The van der Waals surface area contributed by atoms with Crippen molar-refractivity contribution in [3.05, 3.63) is 90.1 Å². The zero-order valence-corrected chi connectivity index (χ0v) is 15.3.